The van der Waals surface area contributed by atoms with Crippen LogP contribution in [-0.4, -0.2) is 29.0 Å². The molecule has 0 aliphatic carbocycles. The molecular weight excluding hydrogens is 261 g/mol. The lowest BCUT2D eigenvalue weighted by Crippen LogP contribution is -2.37. The second-order valence-corrected chi connectivity index (χ2v) is 5.63. The highest BCUT2D eigenvalue weighted by molar-refractivity contribution is 14.1. The van der Waals surface area contributed by atoms with E-state index in [4.69, 9.17) is 0 Å². The van der Waals surface area contributed by atoms with Crippen molar-refractivity contribution >= 4 is 22.6 Å². The summed E-state index contributed by atoms with van der Waals surface area (Å²) in [6.45, 7) is 8.75. The van der Waals surface area contributed by atoms with E-state index in [1.165, 1.54) is 43.3 Å². The van der Waals surface area contributed by atoms with Crippen molar-refractivity contribution in [2.45, 2.75) is 33.1 Å². The molecular formula is C10H20IN. The van der Waals surface area contributed by atoms with E-state index in [2.05, 4.69) is 41.3 Å². The molecule has 0 atom stereocenters. The van der Waals surface area contributed by atoms with Gasteiger partial charge in [0.15, 0.2) is 0 Å². The van der Waals surface area contributed by atoms with E-state index in [0.717, 1.165) is 0 Å². The molecule has 0 aromatic carbocycles. The number of halogens is 1. The number of nitrogens with zero attached hydrogens (tertiary/aromatic N) is 1. The molecule has 0 unspecified atom stereocenters. The zero-order valence-corrected chi connectivity index (χ0v) is 10.4. The van der Waals surface area contributed by atoms with E-state index in [1.807, 2.05) is 0 Å². The first-order valence-electron chi connectivity index (χ1n) is 4.92. The summed E-state index contributed by atoms with van der Waals surface area (Å²) in [6.07, 6.45) is 4.13. The number of alkyl halides is 1. The predicted molar refractivity (Wildman–Crippen MR) is 63.0 cm³/mol. The van der Waals surface area contributed by atoms with Crippen LogP contribution in [0.15, 0.2) is 0 Å². The smallest absolute Gasteiger partial charge is 0.000744 e. The number of hydrogen-bond acceptors (Lipinski definition) is 1. The van der Waals surface area contributed by atoms with Crippen LogP contribution in [0, 0.1) is 5.41 Å². The fourth-order valence-electron chi connectivity index (χ4n) is 1.67. The zero-order chi connectivity index (χ0) is 9.03. The lowest BCUT2D eigenvalue weighted by atomic mass is 9.83. The van der Waals surface area contributed by atoms with Gasteiger partial charge in [-0.3, -0.25) is 0 Å². The first-order chi connectivity index (χ1) is 5.64. The first kappa shape index (κ1) is 10.8. The van der Waals surface area contributed by atoms with Gasteiger partial charge in [0.25, 0.3) is 0 Å². The van der Waals surface area contributed by atoms with E-state index in [1.54, 1.807) is 0 Å². The molecule has 0 aromatic heterocycles. The molecule has 0 radical (unpaired) electrons. The standard InChI is InChI=1S/C10H20IN/c1-10(2)4-8-12(9-5-10)7-3-6-11/h3-9H2,1-2H3. The summed E-state index contributed by atoms with van der Waals surface area (Å²) in [5, 5.41) is 0. The van der Waals surface area contributed by atoms with E-state index < -0.39 is 0 Å². The van der Waals surface area contributed by atoms with Gasteiger partial charge in [-0.15, -0.1) is 0 Å². The van der Waals surface area contributed by atoms with Crippen molar-refractivity contribution < 1.29 is 0 Å². The van der Waals surface area contributed by atoms with Crippen molar-refractivity contribution in [1.29, 1.82) is 0 Å². The Morgan fingerprint density at radius 3 is 2.33 bits per heavy atom. The average Bonchev–Trinajstić information content (AvgIpc) is 2.03. The minimum absolute atomic E-state index is 0.612. The van der Waals surface area contributed by atoms with Crippen molar-refractivity contribution in [3.05, 3.63) is 0 Å². The minimum Gasteiger partial charge on any atom is -0.303 e. The normalized spacial score (nSPS) is 24.2. The molecule has 1 saturated heterocycles. The van der Waals surface area contributed by atoms with Crippen LogP contribution >= 0.6 is 22.6 Å². The van der Waals surface area contributed by atoms with E-state index in [0.29, 0.717) is 5.41 Å². The topological polar surface area (TPSA) is 3.24 Å². The molecule has 12 heavy (non-hydrogen) atoms. The van der Waals surface area contributed by atoms with Crippen molar-refractivity contribution in [3.8, 4) is 0 Å². The third kappa shape index (κ3) is 3.60. The van der Waals surface area contributed by atoms with Crippen LogP contribution in [-0.2, 0) is 0 Å². The Kier molecular flexibility index (Phi) is 4.30. The maximum absolute atomic E-state index is 2.61. The highest BCUT2D eigenvalue weighted by atomic mass is 127. The molecule has 0 N–H and O–H groups in total. The van der Waals surface area contributed by atoms with Gasteiger partial charge in [0.1, 0.15) is 0 Å². The van der Waals surface area contributed by atoms with Gasteiger partial charge in [0.2, 0.25) is 0 Å². The summed E-state index contributed by atoms with van der Waals surface area (Å²) >= 11 is 2.46. The number of piperidine rings is 1. The minimum atomic E-state index is 0.612. The predicted octanol–water partition coefficient (Wildman–Crippen LogP) is 2.93. The maximum Gasteiger partial charge on any atom is 0.000744 e. The molecule has 1 aliphatic rings. The summed E-state index contributed by atoms with van der Waals surface area (Å²) in [7, 11) is 0. The van der Waals surface area contributed by atoms with Crippen molar-refractivity contribution in [3.63, 3.8) is 0 Å². The highest BCUT2D eigenvalue weighted by Gasteiger charge is 2.24. The Morgan fingerprint density at radius 1 is 1.25 bits per heavy atom. The Hall–Kier alpha value is 0.690. The second kappa shape index (κ2) is 4.80. The molecule has 0 saturated carbocycles. The molecule has 0 amide bonds. The Morgan fingerprint density at radius 2 is 1.83 bits per heavy atom. The van der Waals surface area contributed by atoms with E-state index in [9.17, 15) is 0 Å². The fourth-order valence-corrected chi connectivity index (χ4v) is 2.01. The quantitative estimate of drug-likeness (QED) is 0.568. The monoisotopic (exact) mass is 281 g/mol. The number of likely N-dealkylation sites (tertiary alicyclic amines) is 1. The fraction of sp³-hybridized carbons (Fsp3) is 1.00. The van der Waals surface area contributed by atoms with Crippen LogP contribution < -0.4 is 0 Å². The Bertz CT molecular complexity index is 124. The largest absolute Gasteiger partial charge is 0.303 e. The van der Waals surface area contributed by atoms with E-state index in [-0.39, 0.29) is 0 Å². The lowest BCUT2D eigenvalue weighted by Gasteiger charge is -2.36. The first-order valence-corrected chi connectivity index (χ1v) is 6.45. The summed E-state index contributed by atoms with van der Waals surface area (Å²) in [4.78, 5) is 2.61. The van der Waals surface area contributed by atoms with Gasteiger partial charge >= 0.3 is 0 Å². The maximum atomic E-state index is 2.61. The molecule has 0 bridgehead atoms. The van der Waals surface area contributed by atoms with Crippen molar-refractivity contribution in [2.24, 2.45) is 5.41 Å². The Labute approximate surface area is 90.0 Å². The van der Waals surface area contributed by atoms with Crippen LogP contribution in [0.4, 0.5) is 0 Å². The molecule has 1 heterocycles. The van der Waals surface area contributed by atoms with Gasteiger partial charge in [-0.25, -0.2) is 0 Å². The van der Waals surface area contributed by atoms with Gasteiger partial charge in [-0.1, -0.05) is 36.4 Å². The Balaban J connectivity index is 2.18. The number of hydrogen-bond donors (Lipinski definition) is 0. The third-order valence-corrected chi connectivity index (χ3v) is 3.58. The highest BCUT2D eigenvalue weighted by Crippen LogP contribution is 2.29. The van der Waals surface area contributed by atoms with Gasteiger partial charge in [0.05, 0.1) is 0 Å². The molecule has 0 aromatic rings. The van der Waals surface area contributed by atoms with Crippen molar-refractivity contribution in [2.75, 3.05) is 24.1 Å². The van der Waals surface area contributed by atoms with Gasteiger partial charge in [0, 0.05) is 4.43 Å². The van der Waals surface area contributed by atoms with Crippen molar-refractivity contribution in [1.82, 2.24) is 4.90 Å². The van der Waals surface area contributed by atoms with E-state index >= 15 is 0 Å². The lowest BCUT2D eigenvalue weighted by molar-refractivity contribution is 0.133. The molecule has 72 valence electrons. The molecule has 1 fully saturated rings. The van der Waals surface area contributed by atoms with Gasteiger partial charge in [-0.05, 0) is 44.3 Å². The van der Waals surface area contributed by atoms with Crippen LogP contribution in [0.25, 0.3) is 0 Å². The third-order valence-electron chi connectivity index (χ3n) is 2.82. The summed E-state index contributed by atoms with van der Waals surface area (Å²) in [5.74, 6) is 0. The van der Waals surface area contributed by atoms with Crippen LogP contribution in [0.2, 0.25) is 0 Å². The van der Waals surface area contributed by atoms with Crippen LogP contribution in [0.5, 0.6) is 0 Å². The molecule has 1 nitrogen and oxygen atoms in total. The molecule has 1 aliphatic heterocycles. The summed E-state index contributed by atoms with van der Waals surface area (Å²) in [6, 6.07) is 0. The zero-order valence-electron chi connectivity index (χ0n) is 8.27. The molecule has 0 spiro atoms. The SMILES string of the molecule is CC1(C)CCN(CCCI)CC1. The second-order valence-electron chi connectivity index (χ2n) is 4.55. The summed E-state index contributed by atoms with van der Waals surface area (Å²) in [5.41, 5.74) is 0.612. The average molecular weight is 281 g/mol. The summed E-state index contributed by atoms with van der Waals surface area (Å²) < 4.78 is 1.30. The number of rotatable bonds is 3. The molecule has 2 heteroatoms. The van der Waals surface area contributed by atoms with Gasteiger partial charge < -0.3 is 4.90 Å². The van der Waals surface area contributed by atoms with Crippen LogP contribution in [0.1, 0.15) is 33.1 Å². The van der Waals surface area contributed by atoms with Gasteiger partial charge in [-0.2, -0.15) is 0 Å². The van der Waals surface area contributed by atoms with Crippen LogP contribution in [0.3, 0.4) is 0 Å². The molecule has 1 rings (SSSR count).